The van der Waals surface area contributed by atoms with Gasteiger partial charge in [-0.2, -0.15) is 0 Å². The minimum Gasteiger partial charge on any atom is -0.380 e. The summed E-state index contributed by atoms with van der Waals surface area (Å²) in [6.45, 7) is 0.511. The predicted molar refractivity (Wildman–Crippen MR) is 57.0 cm³/mol. The van der Waals surface area contributed by atoms with Gasteiger partial charge in [-0.1, -0.05) is 24.3 Å². The van der Waals surface area contributed by atoms with Gasteiger partial charge in [-0.25, -0.2) is 4.98 Å². The summed E-state index contributed by atoms with van der Waals surface area (Å²) in [5, 5.41) is 9.92. The van der Waals surface area contributed by atoms with Gasteiger partial charge in [0, 0.05) is 18.9 Å². The largest absolute Gasteiger partial charge is 0.380 e. The van der Waals surface area contributed by atoms with Crippen molar-refractivity contribution in [3.63, 3.8) is 0 Å². The molecule has 2 aromatic rings. The van der Waals surface area contributed by atoms with Gasteiger partial charge in [0.25, 0.3) is 0 Å². The van der Waals surface area contributed by atoms with Gasteiger partial charge < -0.3 is 15.8 Å². The SMILES string of the molecule is NCc1ccc(C(O)c2ncc[nH]2)cc1. The van der Waals surface area contributed by atoms with Crippen molar-refractivity contribution in [3.05, 3.63) is 53.6 Å². The molecule has 0 aliphatic carbocycles. The van der Waals surface area contributed by atoms with E-state index in [4.69, 9.17) is 5.73 Å². The Bertz CT molecular complexity index is 408. The second-order valence-electron chi connectivity index (χ2n) is 3.32. The molecule has 1 unspecified atom stereocenters. The molecule has 0 spiro atoms. The lowest BCUT2D eigenvalue weighted by molar-refractivity contribution is 0.211. The van der Waals surface area contributed by atoms with Crippen LogP contribution in [0.3, 0.4) is 0 Å². The van der Waals surface area contributed by atoms with Gasteiger partial charge in [0.05, 0.1) is 0 Å². The molecule has 1 aromatic heterocycles. The molecule has 2 rings (SSSR count). The van der Waals surface area contributed by atoms with E-state index in [0.717, 1.165) is 11.1 Å². The van der Waals surface area contributed by atoms with Crippen LogP contribution in [0.25, 0.3) is 0 Å². The van der Waals surface area contributed by atoms with E-state index in [2.05, 4.69) is 9.97 Å². The zero-order valence-electron chi connectivity index (χ0n) is 8.22. The summed E-state index contributed by atoms with van der Waals surface area (Å²) >= 11 is 0. The Morgan fingerprint density at radius 3 is 2.60 bits per heavy atom. The third kappa shape index (κ3) is 2.06. The summed E-state index contributed by atoms with van der Waals surface area (Å²) in [7, 11) is 0. The number of nitrogens with zero attached hydrogens (tertiary/aromatic N) is 1. The van der Waals surface area contributed by atoms with Crippen LogP contribution in [0.4, 0.5) is 0 Å². The van der Waals surface area contributed by atoms with Gasteiger partial charge in [-0.3, -0.25) is 0 Å². The quantitative estimate of drug-likeness (QED) is 0.695. The predicted octanol–water partition coefficient (Wildman–Crippen LogP) is 0.950. The van der Waals surface area contributed by atoms with Crippen LogP contribution >= 0.6 is 0 Å². The van der Waals surface area contributed by atoms with E-state index in [9.17, 15) is 5.11 Å². The summed E-state index contributed by atoms with van der Waals surface area (Å²) < 4.78 is 0. The van der Waals surface area contributed by atoms with Crippen LogP contribution < -0.4 is 5.73 Å². The zero-order valence-corrected chi connectivity index (χ0v) is 8.22. The number of aliphatic hydroxyl groups is 1. The third-order valence-corrected chi connectivity index (χ3v) is 2.31. The average Bonchev–Trinajstić information content (AvgIpc) is 2.82. The topological polar surface area (TPSA) is 74.9 Å². The van der Waals surface area contributed by atoms with Crippen LogP contribution in [0.5, 0.6) is 0 Å². The average molecular weight is 203 g/mol. The standard InChI is InChI=1S/C11H13N3O/c12-7-8-1-3-9(4-2-8)10(15)11-13-5-6-14-11/h1-6,10,15H,7,12H2,(H,13,14). The molecule has 0 aliphatic rings. The first-order valence-electron chi connectivity index (χ1n) is 4.77. The highest BCUT2D eigenvalue weighted by Gasteiger charge is 2.11. The second kappa shape index (κ2) is 4.25. The van der Waals surface area contributed by atoms with E-state index in [0.29, 0.717) is 12.4 Å². The van der Waals surface area contributed by atoms with Crippen LogP contribution in [0.1, 0.15) is 23.1 Å². The van der Waals surface area contributed by atoms with Crippen molar-refractivity contribution in [3.8, 4) is 0 Å². The summed E-state index contributed by atoms with van der Waals surface area (Å²) in [5.74, 6) is 0.551. The van der Waals surface area contributed by atoms with Crippen LogP contribution in [-0.4, -0.2) is 15.1 Å². The van der Waals surface area contributed by atoms with E-state index >= 15 is 0 Å². The molecule has 4 N–H and O–H groups in total. The van der Waals surface area contributed by atoms with Crippen molar-refractivity contribution in [1.29, 1.82) is 0 Å². The molecule has 15 heavy (non-hydrogen) atoms. The van der Waals surface area contributed by atoms with Crippen LogP contribution in [0.15, 0.2) is 36.7 Å². The minimum absolute atomic E-state index is 0.511. The highest BCUT2D eigenvalue weighted by Crippen LogP contribution is 2.18. The number of hydrogen-bond acceptors (Lipinski definition) is 3. The lowest BCUT2D eigenvalue weighted by atomic mass is 10.1. The number of rotatable bonds is 3. The number of aliphatic hydroxyl groups excluding tert-OH is 1. The first kappa shape index (κ1) is 9.89. The maximum absolute atomic E-state index is 9.92. The van der Waals surface area contributed by atoms with Crippen molar-refractivity contribution in [2.75, 3.05) is 0 Å². The van der Waals surface area contributed by atoms with Gasteiger partial charge in [-0.15, -0.1) is 0 Å². The van der Waals surface area contributed by atoms with E-state index < -0.39 is 6.10 Å². The summed E-state index contributed by atoms with van der Waals surface area (Å²) in [6.07, 6.45) is 2.60. The number of nitrogens with one attached hydrogen (secondary N) is 1. The second-order valence-corrected chi connectivity index (χ2v) is 3.32. The molecule has 0 fully saturated rings. The molecule has 0 amide bonds. The Kier molecular flexibility index (Phi) is 2.80. The van der Waals surface area contributed by atoms with Gasteiger partial charge in [0.15, 0.2) is 0 Å². The molecule has 1 aromatic carbocycles. The van der Waals surface area contributed by atoms with Crippen molar-refractivity contribution >= 4 is 0 Å². The molecular weight excluding hydrogens is 190 g/mol. The molecule has 4 nitrogen and oxygen atoms in total. The fourth-order valence-corrected chi connectivity index (χ4v) is 1.42. The van der Waals surface area contributed by atoms with Crippen molar-refractivity contribution in [2.45, 2.75) is 12.6 Å². The summed E-state index contributed by atoms with van der Waals surface area (Å²) in [6, 6.07) is 7.52. The Morgan fingerprint density at radius 1 is 1.33 bits per heavy atom. The molecule has 0 saturated heterocycles. The van der Waals surface area contributed by atoms with E-state index in [1.54, 1.807) is 12.4 Å². The molecule has 78 valence electrons. The normalized spacial score (nSPS) is 12.7. The maximum atomic E-state index is 9.92. The Labute approximate surface area is 87.8 Å². The molecule has 0 radical (unpaired) electrons. The van der Waals surface area contributed by atoms with Crippen molar-refractivity contribution in [1.82, 2.24) is 9.97 Å². The molecule has 0 aliphatic heterocycles. The first-order valence-corrected chi connectivity index (χ1v) is 4.77. The Hall–Kier alpha value is -1.65. The van der Waals surface area contributed by atoms with Gasteiger partial charge in [0.1, 0.15) is 11.9 Å². The first-order chi connectivity index (χ1) is 7.31. The highest BCUT2D eigenvalue weighted by molar-refractivity contribution is 5.27. The number of aromatic amines is 1. The number of imidazole rings is 1. The highest BCUT2D eigenvalue weighted by atomic mass is 16.3. The summed E-state index contributed by atoms with van der Waals surface area (Å²) in [4.78, 5) is 6.88. The number of nitrogens with two attached hydrogens (primary N) is 1. The van der Waals surface area contributed by atoms with Gasteiger partial charge in [-0.05, 0) is 11.1 Å². The van der Waals surface area contributed by atoms with E-state index in [1.165, 1.54) is 0 Å². The molecule has 0 saturated carbocycles. The zero-order chi connectivity index (χ0) is 10.7. The molecule has 1 atom stereocenters. The van der Waals surface area contributed by atoms with Crippen LogP contribution in [-0.2, 0) is 6.54 Å². The van der Waals surface area contributed by atoms with E-state index in [-0.39, 0.29) is 0 Å². The minimum atomic E-state index is -0.702. The van der Waals surface area contributed by atoms with Crippen LogP contribution in [0, 0.1) is 0 Å². The maximum Gasteiger partial charge on any atom is 0.139 e. The Morgan fingerprint density at radius 2 is 2.07 bits per heavy atom. The van der Waals surface area contributed by atoms with Gasteiger partial charge in [0.2, 0.25) is 0 Å². The van der Waals surface area contributed by atoms with Gasteiger partial charge >= 0.3 is 0 Å². The number of H-pyrrole nitrogens is 1. The summed E-state index contributed by atoms with van der Waals surface area (Å²) in [5.41, 5.74) is 7.34. The smallest absolute Gasteiger partial charge is 0.139 e. The number of hydrogen-bond donors (Lipinski definition) is 3. The van der Waals surface area contributed by atoms with Crippen LogP contribution in [0.2, 0.25) is 0 Å². The monoisotopic (exact) mass is 203 g/mol. The molecule has 4 heteroatoms. The number of aromatic nitrogens is 2. The molecule has 1 heterocycles. The lowest BCUT2D eigenvalue weighted by Gasteiger charge is -2.08. The Balaban J connectivity index is 2.22. The third-order valence-electron chi connectivity index (χ3n) is 2.31. The fraction of sp³-hybridized carbons (Fsp3) is 0.182. The van der Waals surface area contributed by atoms with Crippen molar-refractivity contribution < 1.29 is 5.11 Å². The van der Waals surface area contributed by atoms with Crippen molar-refractivity contribution in [2.24, 2.45) is 5.73 Å². The lowest BCUT2D eigenvalue weighted by Crippen LogP contribution is -2.02. The fourth-order valence-electron chi connectivity index (χ4n) is 1.42. The molecular formula is C11H13N3O. The number of benzene rings is 1. The van der Waals surface area contributed by atoms with E-state index in [1.807, 2.05) is 24.3 Å². The molecule has 0 bridgehead atoms.